The maximum atomic E-state index is 13.0. The summed E-state index contributed by atoms with van der Waals surface area (Å²) in [5, 5.41) is 14.1. The largest absolute Gasteiger partial charge is 0.276 e. The Labute approximate surface area is 358 Å². The topological polar surface area (TPSA) is 167 Å². The van der Waals surface area contributed by atoms with E-state index < -0.39 is 20.0 Å². The van der Waals surface area contributed by atoms with Gasteiger partial charge < -0.3 is 0 Å². The van der Waals surface area contributed by atoms with Crippen LogP contribution in [0.5, 0.6) is 0 Å². The average Bonchev–Trinajstić information content (AvgIpc) is 3.83. The summed E-state index contributed by atoms with van der Waals surface area (Å²) >= 11 is 12.2. The zero-order valence-electron chi connectivity index (χ0n) is 33.5. The van der Waals surface area contributed by atoms with E-state index in [-0.39, 0.29) is 37.8 Å². The molecule has 0 aliphatic heterocycles. The molecular formula is C43H41Cl2N9O4S2. The number of fused-ring (bicyclic) bond motifs is 2. The summed E-state index contributed by atoms with van der Waals surface area (Å²) in [7, 11) is -7.72. The van der Waals surface area contributed by atoms with Gasteiger partial charge in [0.1, 0.15) is 5.52 Å². The van der Waals surface area contributed by atoms with Crippen LogP contribution >= 0.6 is 23.2 Å². The summed E-state index contributed by atoms with van der Waals surface area (Å²) in [6.45, 7) is 12.4. The van der Waals surface area contributed by atoms with Gasteiger partial charge in [0.25, 0.3) is 20.0 Å². The SMILES string of the molecule is CC(C)(C)c1ccc(S(=O)(=O)Nc2cc(Cl)cnc2-n2ncc3ccccc32)cc1.CC(C)(C)c1ccc(S(=O)(=O)Nc2cc(Cl)cnc2-n2nnc3ccccc32)cc1. The monoisotopic (exact) mass is 881 g/mol. The van der Waals surface area contributed by atoms with Gasteiger partial charge in [-0.25, -0.2) is 31.5 Å². The first-order valence-corrected chi connectivity index (χ1v) is 22.3. The summed E-state index contributed by atoms with van der Waals surface area (Å²) in [6.07, 6.45) is 4.60. The fraction of sp³-hybridized carbons (Fsp3) is 0.186. The number of nitrogens with zero attached hydrogens (tertiary/aromatic N) is 7. The summed E-state index contributed by atoms with van der Waals surface area (Å²) in [5.41, 5.74) is 4.57. The number of aromatic nitrogens is 7. The molecule has 0 aliphatic carbocycles. The molecule has 0 amide bonds. The predicted molar refractivity (Wildman–Crippen MR) is 237 cm³/mol. The zero-order valence-corrected chi connectivity index (χ0v) is 36.6. The Hall–Kier alpha value is -5.87. The van der Waals surface area contributed by atoms with Crippen LogP contribution in [-0.2, 0) is 30.9 Å². The summed E-state index contributed by atoms with van der Waals surface area (Å²) in [5.74, 6) is 0.624. The van der Waals surface area contributed by atoms with Gasteiger partial charge in [0.15, 0.2) is 11.6 Å². The third kappa shape index (κ3) is 9.14. The zero-order chi connectivity index (χ0) is 43.0. The lowest BCUT2D eigenvalue weighted by Gasteiger charge is -2.19. The van der Waals surface area contributed by atoms with Gasteiger partial charge >= 0.3 is 0 Å². The van der Waals surface area contributed by atoms with E-state index in [1.54, 1.807) is 35.1 Å². The lowest BCUT2D eigenvalue weighted by atomic mass is 9.87. The highest BCUT2D eigenvalue weighted by molar-refractivity contribution is 7.93. The molecule has 0 fully saturated rings. The number of benzene rings is 4. The lowest BCUT2D eigenvalue weighted by Crippen LogP contribution is -2.17. The Morgan fingerprint density at radius 1 is 0.550 bits per heavy atom. The molecular weight excluding hydrogens is 842 g/mol. The Kier molecular flexibility index (Phi) is 11.5. The first kappa shape index (κ1) is 42.3. The van der Waals surface area contributed by atoms with E-state index in [1.165, 1.54) is 29.2 Å². The van der Waals surface area contributed by atoms with Crippen molar-refractivity contribution in [1.82, 2.24) is 34.7 Å². The van der Waals surface area contributed by atoms with Crippen LogP contribution in [0.3, 0.4) is 0 Å². The van der Waals surface area contributed by atoms with Gasteiger partial charge in [-0.05, 0) is 76.6 Å². The molecule has 0 spiro atoms. The normalized spacial score (nSPS) is 12.3. The molecule has 0 aliphatic rings. The fourth-order valence-electron chi connectivity index (χ4n) is 6.19. The first-order chi connectivity index (χ1) is 28.3. The number of hydrogen-bond donors (Lipinski definition) is 2. The van der Waals surface area contributed by atoms with Crippen molar-refractivity contribution in [2.45, 2.75) is 62.2 Å². The standard InChI is InChI=1S/C22H21ClN4O2S.C21H20ClN5O2S/c1-22(2,3)16-8-10-18(11-9-16)30(28,29)26-19-12-17(23)14-24-21(19)27-20-7-5-4-6-15(20)13-25-27;1-21(2,3)14-8-10-16(11-9-14)30(28,29)25-18-12-15(22)13-23-20(18)27-19-7-5-4-6-17(19)24-26-27/h4-14,26H,1-3H3;4-13,25H,1-3H3. The van der Waals surface area contributed by atoms with Crippen LogP contribution < -0.4 is 9.44 Å². The molecule has 4 aromatic heterocycles. The molecule has 0 unspecified atom stereocenters. The third-order valence-corrected chi connectivity index (χ3v) is 12.6. The van der Waals surface area contributed by atoms with Gasteiger partial charge in [-0.2, -0.15) is 9.78 Å². The Bertz CT molecular complexity index is 2860. The minimum Gasteiger partial charge on any atom is -0.276 e. The highest BCUT2D eigenvalue weighted by atomic mass is 35.5. The fourth-order valence-corrected chi connectivity index (χ4v) is 8.61. The number of pyridine rings is 2. The molecule has 2 N–H and O–H groups in total. The van der Waals surface area contributed by atoms with Crippen LogP contribution in [0, 0.1) is 0 Å². The van der Waals surface area contributed by atoms with Crippen molar-refractivity contribution in [3.05, 3.63) is 149 Å². The maximum Gasteiger partial charge on any atom is 0.262 e. The molecule has 0 saturated carbocycles. The van der Waals surface area contributed by atoms with Gasteiger partial charge in [0, 0.05) is 17.8 Å². The molecule has 308 valence electrons. The van der Waals surface area contributed by atoms with Crippen molar-refractivity contribution in [3.8, 4) is 11.6 Å². The number of hydrogen-bond acceptors (Lipinski definition) is 9. The van der Waals surface area contributed by atoms with Gasteiger partial charge in [-0.3, -0.25) is 9.44 Å². The second-order valence-electron chi connectivity index (χ2n) is 15.9. The van der Waals surface area contributed by atoms with Crippen molar-refractivity contribution in [2.75, 3.05) is 9.44 Å². The van der Waals surface area contributed by atoms with Crippen molar-refractivity contribution in [3.63, 3.8) is 0 Å². The first-order valence-electron chi connectivity index (χ1n) is 18.6. The van der Waals surface area contributed by atoms with Crippen LogP contribution in [0.1, 0.15) is 52.7 Å². The molecule has 13 nitrogen and oxygen atoms in total. The Morgan fingerprint density at radius 3 is 1.50 bits per heavy atom. The molecule has 4 aromatic carbocycles. The number of sulfonamides is 2. The number of para-hydroxylation sites is 2. The lowest BCUT2D eigenvalue weighted by molar-refractivity contribution is 0.587. The highest BCUT2D eigenvalue weighted by Gasteiger charge is 2.23. The maximum absolute atomic E-state index is 13.0. The Balaban J connectivity index is 0.000000181. The third-order valence-electron chi connectivity index (χ3n) is 9.45. The highest BCUT2D eigenvalue weighted by Crippen LogP contribution is 2.31. The number of rotatable bonds is 8. The van der Waals surface area contributed by atoms with Crippen molar-refractivity contribution in [1.29, 1.82) is 0 Å². The van der Waals surface area contributed by atoms with Crippen molar-refractivity contribution < 1.29 is 16.8 Å². The quantitative estimate of drug-likeness (QED) is 0.151. The van der Waals surface area contributed by atoms with Crippen LogP contribution in [0.25, 0.3) is 33.6 Å². The van der Waals surface area contributed by atoms with Gasteiger partial charge in [-0.15, -0.1) is 5.10 Å². The van der Waals surface area contributed by atoms with E-state index >= 15 is 0 Å². The average molecular weight is 883 g/mol. The number of anilines is 2. The van der Waals surface area contributed by atoms with E-state index in [4.69, 9.17) is 23.2 Å². The molecule has 0 atom stereocenters. The summed E-state index contributed by atoms with van der Waals surface area (Å²) in [4.78, 5) is 8.94. The van der Waals surface area contributed by atoms with Crippen LogP contribution in [-0.4, -0.2) is 51.6 Å². The summed E-state index contributed by atoms with van der Waals surface area (Å²) in [6, 6.07) is 31.6. The van der Waals surface area contributed by atoms with E-state index in [2.05, 4.69) is 76.4 Å². The van der Waals surface area contributed by atoms with Gasteiger partial charge in [0.05, 0.1) is 48.4 Å². The van der Waals surface area contributed by atoms with Crippen LogP contribution in [0.2, 0.25) is 10.0 Å². The molecule has 4 heterocycles. The van der Waals surface area contributed by atoms with Gasteiger partial charge in [-0.1, -0.05) is 125 Å². The van der Waals surface area contributed by atoms with E-state index in [0.29, 0.717) is 26.9 Å². The predicted octanol–water partition coefficient (Wildman–Crippen LogP) is 9.74. The minimum absolute atomic E-state index is 0.0685. The number of nitrogens with one attached hydrogen (secondary N) is 2. The van der Waals surface area contributed by atoms with E-state index in [9.17, 15) is 16.8 Å². The molecule has 60 heavy (non-hydrogen) atoms. The van der Waals surface area contributed by atoms with Gasteiger partial charge in [0.2, 0.25) is 0 Å². The van der Waals surface area contributed by atoms with Crippen molar-refractivity contribution in [2.24, 2.45) is 0 Å². The van der Waals surface area contributed by atoms with E-state index in [1.807, 2.05) is 72.8 Å². The minimum atomic E-state index is -3.87. The van der Waals surface area contributed by atoms with Crippen LogP contribution in [0.15, 0.2) is 138 Å². The molecule has 0 radical (unpaired) electrons. The number of halogens is 2. The second kappa shape index (κ2) is 16.3. The molecule has 17 heteroatoms. The molecule has 0 saturated heterocycles. The molecule has 8 aromatic rings. The molecule has 0 bridgehead atoms. The Morgan fingerprint density at radius 2 is 1.00 bits per heavy atom. The molecule has 8 rings (SSSR count). The summed E-state index contributed by atoms with van der Waals surface area (Å²) < 4.78 is 60.4. The van der Waals surface area contributed by atoms with Crippen LogP contribution in [0.4, 0.5) is 11.4 Å². The second-order valence-corrected chi connectivity index (χ2v) is 20.2. The smallest absolute Gasteiger partial charge is 0.262 e. The van der Waals surface area contributed by atoms with Crippen molar-refractivity contribution >= 4 is 76.6 Å². The van der Waals surface area contributed by atoms with E-state index in [0.717, 1.165) is 22.0 Å².